The van der Waals surface area contributed by atoms with Crippen LogP contribution in [-0.4, -0.2) is 6.04 Å². The van der Waals surface area contributed by atoms with E-state index in [4.69, 9.17) is 5.73 Å². The van der Waals surface area contributed by atoms with Crippen molar-refractivity contribution < 1.29 is 0 Å². The Labute approximate surface area is 68.3 Å². The summed E-state index contributed by atoms with van der Waals surface area (Å²) in [6, 6.07) is 0.261. The van der Waals surface area contributed by atoms with Gasteiger partial charge in [0.2, 0.25) is 0 Å². The van der Waals surface area contributed by atoms with E-state index in [0.717, 1.165) is 12.8 Å². The van der Waals surface area contributed by atoms with E-state index in [2.05, 4.69) is 30.4 Å². The summed E-state index contributed by atoms with van der Waals surface area (Å²) in [5.41, 5.74) is 7.00. The monoisotopic (exact) mass is 149 g/mol. The van der Waals surface area contributed by atoms with Crippen molar-refractivity contribution >= 4 is 0 Å². The molecule has 1 aliphatic carbocycles. The second kappa shape index (κ2) is 4.14. The highest BCUT2D eigenvalue weighted by Crippen LogP contribution is 2.09. The molecule has 0 amide bonds. The van der Waals surface area contributed by atoms with Gasteiger partial charge in [0.15, 0.2) is 0 Å². The standard InChI is InChI=1S/C10H15N/c1-9(11)8-10-6-4-2-3-5-7-10/h2,4-7,9H,3,8,11H2,1H3. The average molecular weight is 149 g/mol. The molecule has 0 fully saturated rings. The SMILES string of the molecule is CC(N)CC1=CC=CCC=C1. The van der Waals surface area contributed by atoms with Crippen LogP contribution in [0.3, 0.4) is 0 Å². The maximum atomic E-state index is 5.68. The number of nitrogens with two attached hydrogens (primary N) is 1. The van der Waals surface area contributed by atoms with E-state index in [0.29, 0.717) is 0 Å². The molecule has 2 N–H and O–H groups in total. The lowest BCUT2D eigenvalue weighted by Gasteiger charge is -2.03. The third-order valence-corrected chi connectivity index (χ3v) is 1.61. The van der Waals surface area contributed by atoms with E-state index in [1.54, 1.807) is 0 Å². The summed E-state index contributed by atoms with van der Waals surface area (Å²) in [5.74, 6) is 0. The van der Waals surface area contributed by atoms with Gasteiger partial charge in [-0.15, -0.1) is 0 Å². The Balaban J connectivity index is 2.55. The summed E-state index contributed by atoms with van der Waals surface area (Å²) in [6.45, 7) is 2.03. The Morgan fingerprint density at radius 2 is 2.36 bits per heavy atom. The van der Waals surface area contributed by atoms with Crippen LogP contribution in [0.1, 0.15) is 19.8 Å². The third kappa shape index (κ3) is 3.19. The lowest BCUT2D eigenvalue weighted by molar-refractivity contribution is 0.741. The van der Waals surface area contributed by atoms with Gasteiger partial charge in [0.25, 0.3) is 0 Å². The molecule has 0 radical (unpaired) electrons. The molecule has 1 heteroatoms. The van der Waals surface area contributed by atoms with E-state index in [1.165, 1.54) is 5.57 Å². The molecule has 0 saturated carbocycles. The highest BCUT2D eigenvalue weighted by Gasteiger charge is 1.97. The zero-order valence-electron chi connectivity index (χ0n) is 6.96. The van der Waals surface area contributed by atoms with E-state index >= 15 is 0 Å². The number of allylic oxidation sites excluding steroid dienone is 5. The predicted molar refractivity (Wildman–Crippen MR) is 49.2 cm³/mol. The molecule has 0 saturated heterocycles. The number of hydrogen-bond donors (Lipinski definition) is 1. The first-order chi connectivity index (χ1) is 5.29. The zero-order valence-corrected chi connectivity index (χ0v) is 6.96. The molecule has 11 heavy (non-hydrogen) atoms. The second-order valence-electron chi connectivity index (χ2n) is 2.99. The summed E-state index contributed by atoms with van der Waals surface area (Å²) in [5, 5.41) is 0. The summed E-state index contributed by atoms with van der Waals surface area (Å²) < 4.78 is 0. The van der Waals surface area contributed by atoms with Crippen LogP contribution in [0.2, 0.25) is 0 Å². The van der Waals surface area contributed by atoms with Crippen molar-refractivity contribution in [2.75, 3.05) is 0 Å². The first-order valence-electron chi connectivity index (χ1n) is 4.07. The molecule has 1 nitrogen and oxygen atoms in total. The van der Waals surface area contributed by atoms with Gasteiger partial charge in [-0.3, -0.25) is 0 Å². The van der Waals surface area contributed by atoms with E-state index in [1.807, 2.05) is 6.92 Å². The van der Waals surface area contributed by atoms with Crippen LogP contribution in [0.15, 0.2) is 36.0 Å². The van der Waals surface area contributed by atoms with Crippen molar-refractivity contribution in [3.8, 4) is 0 Å². The lowest BCUT2D eigenvalue weighted by atomic mass is 10.1. The third-order valence-electron chi connectivity index (χ3n) is 1.61. The van der Waals surface area contributed by atoms with Gasteiger partial charge in [0.05, 0.1) is 0 Å². The molecule has 1 unspecified atom stereocenters. The quantitative estimate of drug-likeness (QED) is 0.639. The Bertz CT molecular complexity index is 197. The molecule has 0 aromatic carbocycles. The van der Waals surface area contributed by atoms with E-state index in [9.17, 15) is 0 Å². The van der Waals surface area contributed by atoms with E-state index < -0.39 is 0 Å². The molecule has 0 aromatic heterocycles. The van der Waals surface area contributed by atoms with Crippen LogP contribution in [-0.2, 0) is 0 Å². The summed E-state index contributed by atoms with van der Waals surface area (Å²) in [6.07, 6.45) is 12.7. The first kappa shape index (κ1) is 8.28. The van der Waals surface area contributed by atoms with Gasteiger partial charge in [-0.2, -0.15) is 0 Å². The van der Waals surface area contributed by atoms with Gasteiger partial charge in [-0.1, -0.05) is 30.4 Å². The van der Waals surface area contributed by atoms with Crippen LogP contribution >= 0.6 is 0 Å². The summed E-state index contributed by atoms with van der Waals surface area (Å²) >= 11 is 0. The Morgan fingerprint density at radius 1 is 1.55 bits per heavy atom. The normalized spacial score (nSPS) is 19.3. The van der Waals surface area contributed by atoms with Crippen molar-refractivity contribution in [1.82, 2.24) is 0 Å². The van der Waals surface area contributed by atoms with Gasteiger partial charge < -0.3 is 5.73 Å². The number of rotatable bonds is 2. The van der Waals surface area contributed by atoms with Crippen molar-refractivity contribution in [3.63, 3.8) is 0 Å². The minimum Gasteiger partial charge on any atom is -0.328 e. The Hall–Kier alpha value is -0.820. The molecule has 1 aliphatic rings. The molecular weight excluding hydrogens is 134 g/mol. The minimum atomic E-state index is 0.261. The van der Waals surface area contributed by atoms with Gasteiger partial charge in [0, 0.05) is 6.04 Å². The molecular formula is C10H15N. The van der Waals surface area contributed by atoms with Crippen molar-refractivity contribution in [1.29, 1.82) is 0 Å². The number of hydrogen-bond acceptors (Lipinski definition) is 1. The Kier molecular flexibility index (Phi) is 3.12. The fourth-order valence-corrected chi connectivity index (χ4v) is 1.13. The molecule has 1 atom stereocenters. The van der Waals surface area contributed by atoms with Crippen molar-refractivity contribution in [3.05, 3.63) is 36.0 Å². The summed E-state index contributed by atoms with van der Waals surface area (Å²) in [7, 11) is 0. The molecule has 0 bridgehead atoms. The van der Waals surface area contributed by atoms with Crippen LogP contribution < -0.4 is 5.73 Å². The maximum Gasteiger partial charge on any atom is 0.00509 e. The van der Waals surface area contributed by atoms with Crippen LogP contribution in [0, 0.1) is 0 Å². The minimum absolute atomic E-state index is 0.261. The molecule has 0 aliphatic heterocycles. The average Bonchev–Trinajstić information content (AvgIpc) is 2.14. The molecule has 0 aromatic rings. The van der Waals surface area contributed by atoms with Crippen molar-refractivity contribution in [2.45, 2.75) is 25.8 Å². The highest BCUT2D eigenvalue weighted by atomic mass is 14.6. The highest BCUT2D eigenvalue weighted by molar-refractivity contribution is 5.27. The van der Waals surface area contributed by atoms with Gasteiger partial charge in [-0.05, 0) is 25.3 Å². The lowest BCUT2D eigenvalue weighted by Crippen LogP contribution is -2.14. The van der Waals surface area contributed by atoms with Crippen molar-refractivity contribution in [2.24, 2.45) is 5.73 Å². The first-order valence-corrected chi connectivity index (χ1v) is 4.07. The Morgan fingerprint density at radius 3 is 3.09 bits per heavy atom. The topological polar surface area (TPSA) is 26.0 Å². The predicted octanol–water partition coefficient (Wildman–Crippen LogP) is 2.17. The molecule has 1 rings (SSSR count). The molecule has 0 spiro atoms. The smallest absolute Gasteiger partial charge is 0.00509 e. The molecule has 0 heterocycles. The van der Waals surface area contributed by atoms with Crippen LogP contribution in [0.5, 0.6) is 0 Å². The fraction of sp³-hybridized carbons (Fsp3) is 0.400. The van der Waals surface area contributed by atoms with Gasteiger partial charge in [0.1, 0.15) is 0 Å². The van der Waals surface area contributed by atoms with Gasteiger partial charge >= 0.3 is 0 Å². The fourth-order valence-electron chi connectivity index (χ4n) is 1.13. The van der Waals surface area contributed by atoms with E-state index in [-0.39, 0.29) is 6.04 Å². The van der Waals surface area contributed by atoms with Crippen LogP contribution in [0.25, 0.3) is 0 Å². The zero-order chi connectivity index (χ0) is 8.10. The largest absolute Gasteiger partial charge is 0.328 e. The maximum absolute atomic E-state index is 5.68. The summed E-state index contributed by atoms with van der Waals surface area (Å²) in [4.78, 5) is 0. The second-order valence-corrected chi connectivity index (χ2v) is 2.99. The molecule has 60 valence electrons. The van der Waals surface area contributed by atoms with Gasteiger partial charge in [-0.25, -0.2) is 0 Å². The van der Waals surface area contributed by atoms with Crippen LogP contribution in [0.4, 0.5) is 0 Å².